The van der Waals surface area contributed by atoms with Crippen LogP contribution in [0.5, 0.6) is 0 Å². The molecule has 2 aliphatic rings. The first-order valence-corrected chi connectivity index (χ1v) is 12.3. The zero-order valence-electron chi connectivity index (χ0n) is 17.0. The number of piperidine rings is 1. The lowest BCUT2D eigenvalue weighted by Crippen LogP contribution is -2.47. The first-order valence-electron chi connectivity index (χ1n) is 10.4. The number of nitrogens with zero attached hydrogens (tertiary/aromatic N) is 3. The van der Waals surface area contributed by atoms with Crippen LogP contribution in [0.25, 0.3) is 0 Å². The van der Waals surface area contributed by atoms with Crippen LogP contribution in [0, 0.1) is 10.1 Å². The summed E-state index contributed by atoms with van der Waals surface area (Å²) in [4.78, 5) is 15.6. The number of hydrogen-bond donors (Lipinski definition) is 1. The van der Waals surface area contributed by atoms with Crippen LogP contribution in [0.4, 0.5) is 17.1 Å². The molecule has 0 aliphatic carbocycles. The molecule has 10 heteroatoms. The van der Waals surface area contributed by atoms with E-state index in [-0.39, 0.29) is 21.3 Å². The number of para-hydroxylation sites is 1. The minimum Gasteiger partial charge on any atom is -0.364 e. The predicted octanol–water partition coefficient (Wildman–Crippen LogP) is 4.11. The normalized spacial score (nSPS) is 20.0. The number of hydrogen-bond acceptors (Lipinski definition) is 6. The summed E-state index contributed by atoms with van der Waals surface area (Å²) in [6, 6.07) is 10.9. The number of benzene rings is 2. The predicted molar refractivity (Wildman–Crippen MR) is 121 cm³/mol. The molecule has 0 amide bonds. The second kappa shape index (κ2) is 9.02. The van der Waals surface area contributed by atoms with E-state index in [1.807, 2.05) is 4.90 Å². The van der Waals surface area contributed by atoms with Crippen LogP contribution in [-0.2, 0) is 10.0 Å². The summed E-state index contributed by atoms with van der Waals surface area (Å²) < 4.78 is 28.1. The van der Waals surface area contributed by atoms with E-state index in [0.717, 1.165) is 38.5 Å². The summed E-state index contributed by atoms with van der Waals surface area (Å²) in [5.74, 6) is 0. The summed E-state index contributed by atoms with van der Waals surface area (Å²) in [6.07, 6.45) is 4.42. The Morgan fingerprint density at radius 1 is 1.06 bits per heavy atom. The van der Waals surface area contributed by atoms with Crippen LogP contribution in [0.1, 0.15) is 25.7 Å². The minimum atomic E-state index is -4.03. The van der Waals surface area contributed by atoms with E-state index >= 15 is 0 Å². The van der Waals surface area contributed by atoms with Gasteiger partial charge in [-0.1, -0.05) is 23.7 Å². The quantitative estimate of drug-likeness (QED) is 0.510. The van der Waals surface area contributed by atoms with Crippen molar-refractivity contribution in [1.82, 2.24) is 4.90 Å². The van der Waals surface area contributed by atoms with Gasteiger partial charge in [0, 0.05) is 25.2 Å². The Bertz CT molecular complexity index is 1070. The van der Waals surface area contributed by atoms with Gasteiger partial charge in [-0.05, 0) is 63.0 Å². The van der Waals surface area contributed by atoms with Gasteiger partial charge in [0.2, 0.25) is 0 Å². The minimum absolute atomic E-state index is 0.170. The molecule has 2 aliphatic heterocycles. The number of nitrogens with one attached hydrogen (secondary N) is 1. The first kappa shape index (κ1) is 21.9. The van der Waals surface area contributed by atoms with Crippen LogP contribution < -0.4 is 9.62 Å². The summed E-state index contributed by atoms with van der Waals surface area (Å²) in [7, 11) is -4.03. The third-order valence-electron chi connectivity index (χ3n) is 5.97. The molecule has 8 nitrogen and oxygen atoms in total. The zero-order chi connectivity index (χ0) is 22.0. The van der Waals surface area contributed by atoms with Crippen molar-refractivity contribution < 1.29 is 13.3 Å². The zero-order valence-corrected chi connectivity index (χ0v) is 18.6. The molecule has 0 spiro atoms. The monoisotopic (exact) mass is 464 g/mol. The molecule has 0 aromatic heterocycles. The van der Waals surface area contributed by atoms with Crippen molar-refractivity contribution in [2.75, 3.05) is 35.8 Å². The van der Waals surface area contributed by atoms with Crippen molar-refractivity contribution in [3.63, 3.8) is 0 Å². The standard InChI is InChI=1S/C21H25ClN4O4S/c22-18-7-1-2-8-19(18)23-31(29,30)17-9-10-20(21(14-17)26(27)28)25-13-5-6-16(15-25)24-11-3-4-12-24/h1-2,7-10,14,16,23H,3-6,11-13,15H2. The molecule has 166 valence electrons. The smallest absolute Gasteiger partial charge is 0.293 e. The molecule has 0 bridgehead atoms. The van der Waals surface area contributed by atoms with Crippen molar-refractivity contribution >= 4 is 38.7 Å². The second-order valence-electron chi connectivity index (χ2n) is 7.98. The van der Waals surface area contributed by atoms with Crippen molar-refractivity contribution in [2.45, 2.75) is 36.6 Å². The highest BCUT2D eigenvalue weighted by Gasteiger charge is 2.31. The maximum atomic E-state index is 12.8. The van der Waals surface area contributed by atoms with Gasteiger partial charge in [0.25, 0.3) is 15.7 Å². The summed E-state index contributed by atoms with van der Waals surface area (Å²) >= 11 is 6.05. The van der Waals surface area contributed by atoms with Crippen LogP contribution in [0.3, 0.4) is 0 Å². The van der Waals surface area contributed by atoms with E-state index in [1.165, 1.54) is 25.0 Å². The Labute approximate surface area is 187 Å². The molecule has 1 unspecified atom stereocenters. The van der Waals surface area contributed by atoms with E-state index in [0.29, 0.717) is 18.3 Å². The average Bonchev–Trinajstić information content (AvgIpc) is 3.30. The molecule has 2 saturated heterocycles. The van der Waals surface area contributed by atoms with Gasteiger partial charge in [-0.2, -0.15) is 0 Å². The van der Waals surface area contributed by atoms with Crippen LogP contribution in [0.15, 0.2) is 47.4 Å². The number of likely N-dealkylation sites (tertiary alicyclic amines) is 1. The molecule has 1 N–H and O–H groups in total. The Balaban J connectivity index is 1.61. The van der Waals surface area contributed by atoms with E-state index in [1.54, 1.807) is 24.3 Å². The molecule has 31 heavy (non-hydrogen) atoms. The van der Waals surface area contributed by atoms with Crippen molar-refractivity contribution in [3.8, 4) is 0 Å². The summed E-state index contributed by atoms with van der Waals surface area (Å²) in [6.45, 7) is 3.58. The Morgan fingerprint density at radius 2 is 1.81 bits per heavy atom. The molecule has 0 saturated carbocycles. The fourth-order valence-corrected chi connectivity index (χ4v) is 5.75. The maximum absolute atomic E-state index is 12.8. The molecular weight excluding hydrogens is 440 g/mol. The number of rotatable bonds is 6. The SMILES string of the molecule is O=[N+]([O-])c1cc(S(=O)(=O)Nc2ccccc2Cl)ccc1N1CCCC(N2CCCC2)C1. The van der Waals surface area contributed by atoms with Gasteiger partial charge in [-0.15, -0.1) is 0 Å². The van der Waals surface area contributed by atoms with Crippen molar-refractivity contribution in [1.29, 1.82) is 0 Å². The highest BCUT2D eigenvalue weighted by molar-refractivity contribution is 7.92. The lowest BCUT2D eigenvalue weighted by Gasteiger charge is -2.38. The fraction of sp³-hybridized carbons (Fsp3) is 0.429. The molecule has 2 aromatic rings. The first-order chi connectivity index (χ1) is 14.8. The van der Waals surface area contributed by atoms with Gasteiger partial charge in [0.15, 0.2) is 0 Å². The molecule has 2 fully saturated rings. The molecule has 2 aromatic carbocycles. The molecule has 0 radical (unpaired) electrons. The Hall–Kier alpha value is -2.36. The van der Waals surface area contributed by atoms with Gasteiger partial charge < -0.3 is 4.90 Å². The van der Waals surface area contributed by atoms with E-state index < -0.39 is 14.9 Å². The van der Waals surface area contributed by atoms with E-state index in [4.69, 9.17) is 11.6 Å². The highest BCUT2D eigenvalue weighted by Crippen LogP contribution is 2.34. The number of halogens is 1. The van der Waals surface area contributed by atoms with Crippen molar-refractivity contribution in [2.24, 2.45) is 0 Å². The van der Waals surface area contributed by atoms with Gasteiger partial charge in [-0.3, -0.25) is 19.7 Å². The molecule has 1 atom stereocenters. The van der Waals surface area contributed by atoms with Crippen LogP contribution in [0.2, 0.25) is 5.02 Å². The maximum Gasteiger partial charge on any atom is 0.293 e. The molecule has 4 rings (SSSR count). The Kier molecular flexibility index (Phi) is 6.36. The summed E-state index contributed by atoms with van der Waals surface area (Å²) in [5.41, 5.74) is 0.482. The Morgan fingerprint density at radius 3 is 2.52 bits per heavy atom. The third-order valence-corrected chi connectivity index (χ3v) is 7.66. The van der Waals surface area contributed by atoms with Gasteiger partial charge >= 0.3 is 0 Å². The lowest BCUT2D eigenvalue weighted by molar-refractivity contribution is -0.384. The van der Waals surface area contributed by atoms with Gasteiger partial charge in [0.1, 0.15) is 5.69 Å². The number of nitro benzene ring substituents is 1. The second-order valence-corrected chi connectivity index (χ2v) is 10.1. The van der Waals surface area contributed by atoms with E-state index in [9.17, 15) is 18.5 Å². The van der Waals surface area contributed by atoms with Crippen LogP contribution >= 0.6 is 11.6 Å². The highest BCUT2D eigenvalue weighted by atomic mass is 35.5. The topological polar surface area (TPSA) is 95.8 Å². The average molecular weight is 465 g/mol. The fourth-order valence-electron chi connectivity index (χ4n) is 4.41. The number of anilines is 2. The van der Waals surface area contributed by atoms with E-state index in [2.05, 4.69) is 9.62 Å². The van der Waals surface area contributed by atoms with Crippen molar-refractivity contribution in [3.05, 3.63) is 57.6 Å². The number of nitro groups is 1. The molecule has 2 heterocycles. The largest absolute Gasteiger partial charge is 0.364 e. The molecular formula is C21H25ClN4O4S. The number of sulfonamides is 1. The third kappa shape index (κ3) is 4.78. The lowest BCUT2D eigenvalue weighted by atomic mass is 10.0. The summed E-state index contributed by atoms with van der Waals surface area (Å²) in [5, 5.41) is 12.1. The van der Waals surface area contributed by atoms with Crippen LogP contribution in [-0.4, -0.2) is 50.5 Å². The van der Waals surface area contributed by atoms with Gasteiger partial charge in [0.05, 0.1) is 20.5 Å². The van der Waals surface area contributed by atoms with Gasteiger partial charge in [-0.25, -0.2) is 8.42 Å².